The zero-order valence-electron chi connectivity index (χ0n) is 19.2. The zero-order chi connectivity index (χ0) is 23.5. The molecule has 0 atom stereocenters. The van der Waals surface area contributed by atoms with Crippen LogP contribution in [0.25, 0.3) is 10.8 Å². The highest BCUT2D eigenvalue weighted by Crippen LogP contribution is 2.30. The molecule has 0 aliphatic carbocycles. The lowest BCUT2D eigenvalue weighted by Crippen LogP contribution is -2.30. The fraction of sp³-hybridized carbons (Fsp3) is 0.320. The van der Waals surface area contributed by atoms with Gasteiger partial charge in [0.25, 0.3) is 5.91 Å². The molecular formula is C25H30N2O4S. The maximum Gasteiger partial charge on any atom is 0.259 e. The summed E-state index contributed by atoms with van der Waals surface area (Å²) in [6.07, 6.45) is 0. The van der Waals surface area contributed by atoms with Crippen LogP contribution >= 0.6 is 0 Å². The molecule has 7 heteroatoms. The SMILES string of the molecule is CCOc1cc2ccccc2cc1C(=O)Nc1cc(S(=O)(=O)N(CC)CC)cc(C)c1C. The normalized spacial score (nSPS) is 11.7. The van der Waals surface area contributed by atoms with Gasteiger partial charge in [-0.15, -0.1) is 0 Å². The number of nitrogens with zero attached hydrogens (tertiary/aromatic N) is 1. The van der Waals surface area contributed by atoms with Crippen LogP contribution in [0.1, 0.15) is 42.3 Å². The van der Waals surface area contributed by atoms with Crippen molar-refractivity contribution in [3.63, 3.8) is 0 Å². The molecule has 0 saturated carbocycles. The summed E-state index contributed by atoms with van der Waals surface area (Å²) in [6, 6.07) is 14.6. The second-order valence-corrected chi connectivity index (χ2v) is 9.52. The van der Waals surface area contributed by atoms with E-state index in [0.29, 0.717) is 36.7 Å². The molecule has 0 aliphatic rings. The maximum atomic E-state index is 13.3. The van der Waals surface area contributed by atoms with Crippen LogP contribution in [0, 0.1) is 13.8 Å². The smallest absolute Gasteiger partial charge is 0.259 e. The van der Waals surface area contributed by atoms with Crippen LogP contribution in [0.5, 0.6) is 5.75 Å². The van der Waals surface area contributed by atoms with Gasteiger partial charge in [-0.2, -0.15) is 4.31 Å². The van der Waals surface area contributed by atoms with Crippen LogP contribution in [0.3, 0.4) is 0 Å². The van der Waals surface area contributed by atoms with E-state index in [1.54, 1.807) is 26.0 Å². The number of sulfonamides is 1. The minimum atomic E-state index is -3.65. The first-order chi connectivity index (χ1) is 15.2. The molecule has 170 valence electrons. The highest BCUT2D eigenvalue weighted by molar-refractivity contribution is 7.89. The molecule has 3 aromatic carbocycles. The summed E-state index contributed by atoms with van der Waals surface area (Å²) >= 11 is 0. The number of carbonyl (C=O) groups is 1. The number of rotatable bonds is 8. The van der Waals surface area contributed by atoms with Crippen molar-refractivity contribution in [1.82, 2.24) is 4.31 Å². The predicted octanol–water partition coefficient (Wildman–Crippen LogP) is 5.14. The molecule has 0 radical (unpaired) electrons. The molecule has 0 bridgehead atoms. The molecule has 3 rings (SSSR count). The Hall–Kier alpha value is -2.90. The molecule has 0 aliphatic heterocycles. The fourth-order valence-electron chi connectivity index (χ4n) is 3.68. The maximum absolute atomic E-state index is 13.3. The van der Waals surface area contributed by atoms with Gasteiger partial charge in [-0.05, 0) is 66.9 Å². The van der Waals surface area contributed by atoms with Gasteiger partial charge in [0.1, 0.15) is 5.75 Å². The highest BCUT2D eigenvalue weighted by Gasteiger charge is 2.24. The number of aryl methyl sites for hydroxylation is 1. The monoisotopic (exact) mass is 454 g/mol. The van der Waals surface area contributed by atoms with E-state index < -0.39 is 10.0 Å². The average Bonchev–Trinajstić information content (AvgIpc) is 2.77. The first kappa shape index (κ1) is 23.8. The van der Waals surface area contributed by atoms with E-state index in [9.17, 15) is 13.2 Å². The third-order valence-electron chi connectivity index (χ3n) is 5.62. The van der Waals surface area contributed by atoms with Gasteiger partial charge in [0.2, 0.25) is 10.0 Å². The van der Waals surface area contributed by atoms with Gasteiger partial charge >= 0.3 is 0 Å². The number of fused-ring (bicyclic) bond motifs is 1. The number of carbonyl (C=O) groups excluding carboxylic acids is 1. The number of ether oxygens (including phenoxy) is 1. The Morgan fingerprint density at radius 2 is 1.59 bits per heavy atom. The average molecular weight is 455 g/mol. The molecule has 0 spiro atoms. The van der Waals surface area contributed by atoms with Crippen molar-refractivity contribution in [2.75, 3.05) is 25.0 Å². The van der Waals surface area contributed by atoms with Crippen molar-refractivity contribution in [2.45, 2.75) is 39.5 Å². The third-order valence-corrected chi connectivity index (χ3v) is 7.65. The molecule has 3 aromatic rings. The summed E-state index contributed by atoms with van der Waals surface area (Å²) in [4.78, 5) is 13.4. The second kappa shape index (κ2) is 9.71. The fourth-order valence-corrected chi connectivity index (χ4v) is 5.25. The van der Waals surface area contributed by atoms with Gasteiger partial charge in [-0.1, -0.05) is 38.1 Å². The van der Waals surface area contributed by atoms with Gasteiger partial charge in [-0.25, -0.2) is 8.42 Å². The number of amides is 1. The zero-order valence-corrected chi connectivity index (χ0v) is 20.0. The van der Waals surface area contributed by atoms with E-state index in [-0.39, 0.29) is 10.8 Å². The van der Waals surface area contributed by atoms with Crippen LogP contribution < -0.4 is 10.1 Å². The van der Waals surface area contributed by atoms with E-state index in [1.165, 1.54) is 10.4 Å². The van der Waals surface area contributed by atoms with Gasteiger partial charge in [-0.3, -0.25) is 4.79 Å². The van der Waals surface area contributed by atoms with Crippen molar-refractivity contribution in [1.29, 1.82) is 0 Å². The Morgan fingerprint density at radius 3 is 2.19 bits per heavy atom. The lowest BCUT2D eigenvalue weighted by molar-refractivity contribution is 0.102. The number of nitrogens with one attached hydrogen (secondary N) is 1. The van der Waals surface area contributed by atoms with Crippen molar-refractivity contribution in [3.8, 4) is 5.75 Å². The van der Waals surface area contributed by atoms with E-state index >= 15 is 0 Å². The molecule has 1 amide bonds. The van der Waals surface area contributed by atoms with E-state index in [1.807, 2.05) is 51.1 Å². The standard InChI is InChI=1S/C25H30N2O4S/c1-6-27(7-2)32(29,30)21-13-17(4)18(5)23(16-21)26-25(28)22-14-19-11-9-10-12-20(19)15-24(22)31-8-3/h9-16H,6-8H2,1-5H3,(H,26,28). The summed E-state index contributed by atoms with van der Waals surface area (Å²) in [6.45, 7) is 10.4. The Bertz CT molecular complexity index is 1250. The molecule has 6 nitrogen and oxygen atoms in total. The van der Waals surface area contributed by atoms with Crippen LogP contribution in [0.2, 0.25) is 0 Å². The molecule has 32 heavy (non-hydrogen) atoms. The number of anilines is 1. The van der Waals surface area contributed by atoms with Crippen molar-refractivity contribution >= 4 is 32.4 Å². The Labute approximate surface area is 190 Å². The Morgan fingerprint density at radius 1 is 0.969 bits per heavy atom. The number of hydrogen-bond acceptors (Lipinski definition) is 4. The molecule has 0 aromatic heterocycles. The molecule has 0 unspecified atom stereocenters. The largest absolute Gasteiger partial charge is 0.493 e. The van der Waals surface area contributed by atoms with Crippen LogP contribution in [-0.2, 0) is 10.0 Å². The highest BCUT2D eigenvalue weighted by atomic mass is 32.2. The number of hydrogen-bond donors (Lipinski definition) is 1. The van der Waals surface area contributed by atoms with Crippen LogP contribution in [0.4, 0.5) is 5.69 Å². The first-order valence-electron chi connectivity index (χ1n) is 10.8. The van der Waals surface area contributed by atoms with Gasteiger partial charge in [0, 0.05) is 18.8 Å². The summed E-state index contributed by atoms with van der Waals surface area (Å²) < 4.78 is 33.2. The van der Waals surface area contributed by atoms with Crippen molar-refractivity contribution in [2.24, 2.45) is 0 Å². The summed E-state index contributed by atoms with van der Waals surface area (Å²) in [5.41, 5.74) is 2.48. The van der Waals surface area contributed by atoms with Gasteiger partial charge < -0.3 is 10.1 Å². The van der Waals surface area contributed by atoms with Gasteiger partial charge in [0.15, 0.2) is 0 Å². The number of benzene rings is 3. The topological polar surface area (TPSA) is 75.7 Å². The van der Waals surface area contributed by atoms with E-state index in [0.717, 1.165) is 21.9 Å². The molecule has 0 saturated heterocycles. The molecule has 0 fully saturated rings. The lowest BCUT2D eigenvalue weighted by Gasteiger charge is -2.20. The van der Waals surface area contributed by atoms with Crippen molar-refractivity contribution < 1.29 is 17.9 Å². The lowest BCUT2D eigenvalue weighted by atomic mass is 10.0. The summed E-state index contributed by atoms with van der Waals surface area (Å²) in [5.74, 6) is 0.143. The molecular weight excluding hydrogens is 424 g/mol. The van der Waals surface area contributed by atoms with E-state index in [2.05, 4.69) is 5.32 Å². The minimum absolute atomic E-state index is 0.170. The Kier molecular flexibility index (Phi) is 7.21. The van der Waals surface area contributed by atoms with Gasteiger partial charge in [0.05, 0.1) is 17.1 Å². The van der Waals surface area contributed by atoms with Crippen LogP contribution in [0.15, 0.2) is 53.4 Å². The Balaban J connectivity index is 2.05. The third kappa shape index (κ3) is 4.64. The van der Waals surface area contributed by atoms with E-state index in [4.69, 9.17) is 4.74 Å². The summed E-state index contributed by atoms with van der Waals surface area (Å²) in [7, 11) is -3.65. The van der Waals surface area contributed by atoms with Crippen LogP contribution in [-0.4, -0.2) is 38.3 Å². The second-order valence-electron chi connectivity index (χ2n) is 7.58. The quantitative estimate of drug-likeness (QED) is 0.511. The predicted molar refractivity (Wildman–Crippen MR) is 129 cm³/mol. The first-order valence-corrected chi connectivity index (χ1v) is 12.2. The summed E-state index contributed by atoms with van der Waals surface area (Å²) in [5, 5.41) is 4.82. The van der Waals surface area contributed by atoms with Crippen molar-refractivity contribution in [3.05, 3.63) is 65.2 Å². The minimum Gasteiger partial charge on any atom is -0.493 e. The molecule has 1 N–H and O–H groups in total. The molecule has 0 heterocycles.